The highest BCUT2D eigenvalue weighted by Gasteiger charge is 2.36. The van der Waals surface area contributed by atoms with Gasteiger partial charge in [0.25, 0.3) is 0 Å². The van der Waals surface area contributed by atoms with Gasteiger partial charge in [-0.25, -0.2) is 12.7 Å². The van der Waals surface area contributed by atoms with Gasteiger partial charge in [-0.15, -0.1) is 11.3 Å². The van der Waals surface area contributed by atoms with Gasteiger partial charge in [-0.2, -0.15) is 0 Å². The minimum absolute atomic E-state index is 0.0396. The predicted octanol–water partition coefficient (Wildman–Crippen LogP) is 2.26. The molecule has 3 heterocycles. The Labute approximate surface area is 142 Å². The Balaban J connectivity index is 1.70. The van der Waals surface area contributed by atoms with Crippen LogP contribution in [0, 0.1) is 5.92 Å². The van der Waals surface area contributed by atoms with Crippen LogP contribution in [0.3, 0.4) is 0 Å². The first kappa shape index (κ1) is 16.9. The third-order valence-corrected chi connectivity index (χ3v) is 7.34. The molecule has 0 N–H and O–H groups in total. The first-order valence-electron chi connectivity index (χ1n) is 8.23. The van der Waals surface area contributed by atoms with E-state index < -0.39 is 10.0 Å². The van der Waals surface area contributed by atoms with E-state index in [1.54, 1.807) is 11.3 Å². The van der Waals surface area contributed by atoms with Crippen molar-refractivity contribution in [1.29, 1.82) is 0 Å². The normalized spacial score (nSPS) is 23.7. The maximum Gasteiger partial charge on any atom is 0.226 e. The van der Waals surface area contributed by atoms with Gasteiger partial charge in [0.05, 0.1) is 12.3 Å². The Morgan fingerprint density at radius 3 is 2.61 bits per heavy atom. The first-order valence-corrected chi connectivity index (χ1v) is 11.0. The summed E-state index contributed by atoms with van der Waals surface area (Å²) < 4.78 is 24.7. The number of thiophene rings is 1. The smallest absolute Gasteiger partial charge is 0.226 e. The molecule has 1 amide bonds. The third kappa shape index (κ3) is 3.32. The summed E-state index contributed by atoms with van der Waals surface area (Å²) in [5.41, 5.74) is 1.31. The molecule has 0 aliphatic carbocycles. The molecule has 0 spiro atoms. The molecule has 2 aliphatic rings. The molecule has 23 heavy (non-hydrogen) atoms. The average molecular weight is 357 g/mol. The van der Waals surface area contributed by atoms with Gasteiger partial charge in [0, 0.05) is 30.4 Å². The van der Waals surface area contributed by atoms with E-state index in [1.165, 1.54) is 21.0 Å². The van der Waals surface area contributed by atoms with Crippen molar-refractivity contribution >= 4 is 27.3 Å². The second-order valence-corrected chi connectivity index (χ2v) is 9.42. The van der Waals surface area contributed by atoms with E-state index >= 15 is 0 Å². The van der Waals surface area contributed by atoms with Crippen LogP contribution in [0.4, 0.5) is 0 Å². The minimum atomic E-state index is -3.14. The molecular formula is C16H24N2O3S2. The van der Waals surface area contributed by atoms with Gasteiger partial charge in [0.2, 0.25) is 15.9 Å². The topological polar surface area (TPSA) is 57.7 Å². The molecule has 1 fully saturated rings. The largest absolute Gasteiger partial charge is 0.335 e. The van der Waals surface area contributed by atoms with E-state index in [0.717, 1.165) is 19.4 Å². The maximum absolute atomic E-state index is 13.0. The Hall–Kier alpha value is -0.920. The molecule has 1 aromatic heterocycles. The number of amides is 1. The van der Waals surface area contributed by atoms with Crippen LogP contribution in [0.15, 0.2) is 11.4 Å². The summed E-state index contributed by atoms with van der Waals surface area (Å²) in [7, 11) is -3.14. The molecule has 1 aromatic rings. The lowest BCUT2D eigenvalue weighted by atomic mass is 9.92. The molecule has 1 unspecified atom stereocenters. The maximum atomic E-state index is 13.0. The summed E-state index contributed by atoms with van der Waals surface area (Å²) in [6.45, 7) is 3.84. The zero-order valence-electron chi connectivity index (χ0n) is 13.7. The Bertz CT molecular complexity index is 675. The van der Waals surface area contributed by atoms with Gasteiger partial charge >= 0.3 is 0 Å². The minimum Gasteiger partial charge on any atom is -0.335 e. The van der Waals surface area contributed by atoms with E-state index in [1.807, 2.05) is 4.90 Å². The predicted molar refractivity (Wildman–Crippen MR) is 91.9 cm³/mol. The summed E-state index contributed by atoms with van der Waals surface area (Å²) >= 11 is 1.79. The number of rotatable bonds is 3. The summed E-state index contributed by atoms with van der Waals surface area (Å²) in [5.74, 6) is 0.170. The number of hydrogen-bond donors (Lipinski definition) is 0. The highest BCUT2D eigenvalue weighted by molar-refractivity contribution is 7.88. The molecule has 7 heteroatoms. The fourth-order valence-electron chi connectivity index (χ4n) is 3.77. The fourth-order valence-corrected chi connectivity index (χ4v) is 5.57. The Morgan fingerprint density at radius 1 is 1.30 bits per heavy atom. The standard InChI is InChI=1S/C16H24N2O3S2/c1-3-14-13-7-11-22-15(13)6-10-18(14)16(19)12-4-8-17(9-5-12)23(2,20)21/h7,11-12,14H,3-6,8-10H2,1-2H3. The fraction of sp³-hybridized carbons (Fsp3) is 0.688. The monoisotopic (exact) mass is 356 g/mol. The number of carbonyl (C=O) groups is 1. The molecular weight excluding hydrogens is 332 g/mol. The number of nitrogens with zero attached hydrogens (tertiary/aromatic N) is 2. The van der Waals surface area contributed by atoms with Gasteiger partial charge in [0.15, 0.2) is 0 Å². The summed E-state index contributed by atoms with van der Waals surface area (Å²) in [6, 6.07) is 2.34. The van der Waals surface area contributed by atoms with Crippen molar-refractivity contribution in [3.05, 3.63) is 21.9 Å². The zero-order chi connectivity index (χ0) is 16.6. The summed E-state index contributed by atoms with van der Waals surface area (Å²) in [5, 5.41) is 2.12. The number of sulfonamides is 1. The van der Waals surface area contributed by atoms with Crippen LogP contribution in [0.2, 0.25) is 0 Å². The van der Waals surface area contributed by atoms with E-state index in [0.29, 0.717) is 25.9 Å². The molecule has 0 aromatic carbocycles. The molecule has 1 saturated heterocycles. The third-order valence-electron chi connectivity index (χ3n) is 5.04. The van der Waals surface area contributed by atoms with Crippen molar-refractivity contribution in [2.24, 2.45) is 5.92 Å². The molecule has 0 radical (unpaired) electrons. The number of hydrogen-bond acceptors (Lipinski definition) is 4. The van der Waals surface area contributed by atoms with Gasteiger partial charge in [-0.3, -0.25) is 4.79 Å². The number of piperidine rings is 1. The van der Waals surface area contributed by atoms with Crippen LogP contribution in [0.25, 0.3) is 0 Å². The first-order chi connectivity index (χ1) is 10.9. The quantitative estimate of drug-likeness (QED) is 0.835. The second kappa shape index (κ2) is 6.53. The lowest BCUT2D eigenvalue weighted by Crippen LogP contribution is -2.46. The van der Waals surface area contributed by atoms with Crippen LogP contribution < -0.4 is 0 Å². The molecule has 0 bridgehead atoms. The van der Waals surface area contributed by atoms with Crippen molar-refractivity contribution in [3.63, 3.8) is 0 Å². The van der Waals surface area contributed by atoms with Crippen molar-refractivity contribution in [2.45, 2.75) is 38.6 Å². The molecule has 128 valence electrons. The highest BCUT2D eigenvalue weighted by atomic mass is 32.2. The van der Waals surface area contributed by atoms with Gasteiger partial charge in [0.1, 0.15) is 0 Å². The van der Waals surface area contributed by atoms with Crippen LogP contribution in [-0.2, 0) is 21.2 Å². The van der Waals surface area contributed by atoms with Crippen LogP contribution in [0.5, 0.6) is 0 Å². The number of carbonyl (C=O) groups excluding carboxylic acids is 1. The number of fused-ring (bicyclic) bond motifs is 1. The van der Waals surface area contributed by atoms with Crippen LogP contribution >= 0.6 is 11.3 Å². The molecule has 3 rings (SSSR count). The average Bonchev–Trinajstić information content (AvgIpc) is 3.01. The Morgan fingerprint density at radius 2 is 2.00 bits per heavy atom. The van der Waals surface area contributed by atoms with Crippen molar-refractivity contribution in [1.82, 2.24) is 9.21 Å². The lowest BCUT2D eigenvalue weighted by molar-refractivity contribution is -0.139. The van der Waals surface area contributed by atoms with Crippen LogP contribution in [0.1, 0.15) is 42.7 Å². The zero-order valence-corrected chi connectivity index (χ0v) is 15.3. The van der Waals surface area contributed by atoms with E-state index in [4.69, 9.17) is 0 Å². The molecule has 0 saturated carbocycles. The molecule has 1 atom stereocenters. The Kier molecular flexibility index (Phi) is 4.80. The van der Waals surface area contributed by atoms with Gasteiger partial charge < -0.3 is 4.90 Å². The molecule has 2 aliphatic heterocycles. The molecule has 5 nitrogen and oxygen atoms in total. The summed E-state index contributed by atoms with van der Waals surface area (Å²) in [4.78, 5) is 16.4. The van der Waals surface area contributed by atoms with E-state index in [2.05, 4.69) is 18.4 Å². The summed E-state index contributed by atoms with van der Waals surface area (Å²) in [6.07, 6.45) is 4.38. The highest BCUT2D eigenvalue weighted by Crippen LogP contribution is 2.37. The van der Waals surface area contributed by atoms with Crippen molar-refractivity contribution in [3.8, 4) is 0 Å². The van der Waals surface area contributed by atoms with Gasteiger partial charge in [-0.1, -0.05) is 6.92 Å². The van der Waals surface area contributed by atoms with Gasteiger partial charge in [-0.05, 0) is 42.7 Å². The van der Waals surface area contributed by atoms with E-state index in [9.17, 15) is 13.2 Å². The van der Waals surface area contributed by atoms with Crippen molar-refractivity contribution < 1.29 is 13.2 Å². The van der Waals surface area contributed by atoms with Crippen LogP contribution in [-0.4, -0.2) is 49.4 Å². The van der Waals surface area contributed by atoms with Crippen molar-refractivity contribution in [2.75, 3.05) is 25.9 Å². The van der Waals surface area contributed by atoms with E-state index in [-0.39, 0.29) is 17.9 Å². The second-order valence-electron chi connectivity index (χ2n) is 6.44. The lowest BCUT2D eigenvalue weighted by Gasteiger charge is -2.39. The SMILES string of the molecule is CCC1c2ccsc2CCN1C(=O)C1CCN(S(C)(=O)=O)CC1.